The molecule has 1 fully saturated rings. The molecule has 1 amide bonds. The third-order valence-corrected chi connectivity index (χ3v) is 3.92. The van der Waals surface area contributed by atoms with E-state index in [2.05, 4.69) is 18.2 Å². The van der Waals surface area contributed by atoms with Gasteiger partial charge in [0.05, 0.1) is 0 Å². The first-order chi connectivity index (χ1) is 8.84. The summed E-state index contributed by atoms with van der Waals surface area (Å²) in [6, 6.07) is 8.33. The van der Waals surface area contributed by atoms with Crippen molar-refractivity contribution in [1.29, 1.82) is 0 Å². The van der Waals surface area contributed by atoms with E-state index in [1.807, 2.05) is 11.0 Å². The quantitative estimate of drug-likeness (QED) is 0.759. The number of nitrogens with zero attached hydrogens (tertiary/aromatic N) is 1. The van der Waals surface area contributed by atoms with Gasteiger partial charge in [-0.05, 0) is 43.2 Å². The van der Waals surface area contributed by atoms with Crippen LogP contribution in [-0.4, -0.2) is 24.1 Å². The second-order valence-electron chi connectivity index (χ2n) is 5.16. The molecular formula is C15H19NO2. The van der Waals surface area contributed by atoms with Crippen LogP contribution in [0.5, 0.6) is 0 Å². The van der Waals surface area contributed by atoms with Crippen molar-refractivity contribution >= 4 is 6.09 Å². The number of fused-ring (bicyclic) bond motifs is 1. The van der Waals surface area contributed by atoms with Crippen LogP contribution in [0.4, 0.5) is 4.79 Å². The monoisotopic (exact) mass is 245 g/mol. The van der Waals surface area contributed by atoms with Gasteiger partial charge in [-0.3, -0.25) is 0 Å². The standard InChI is InChI=1S/C15H19NO2/c17-15(16-10-3-4-11-16)18-14-9-5-7-12-6-1-2-8-13(12)14/h1-2,6,8,14H,3-5,7,9-11H2. The lowest BCUT2D eigenvalue weighted by Gasteiger charge is -2.27. The molecule has 2 aliphatic rings. The van der Waals surface area contributed by atoms with E-state index in [1.165, 1.54) is 11.1 Å². The fraction of sp³-hybridized carbons (Fsp3) is 0.533. The first-order valence-electron chi connectivity index (χ1n) is 6.88. The zero-order valence-electron chi connectivity index (χ0n) is 10.6. The van der Waals surface area contributed by atoms with Gasteiger partial charge >= 0.3 is 6.09 Å². The van der Waals surface area contributed by atoms with Crippen molar-refractivity contribution in [2.45, 2.75) is 38.2 Å². The smallest absolute Gasteiger partial charge is 0.410 e. The van der Waals surface area contributed by atoms with Crippen molar-refractivity contribution in [1.82, 2.24) is 4.90 Å². The molecule has 3 rings (SSSR count). The van der Waals surface area contributed by atoms with Crippen LogP contribution in [0, 0.1) is 0 Å². The second kappa shape index (κ2) is 5.01. The molecule has 0 radical (unpaired) electrons. The summed E-state index contributed by atoms with van der Waals surface area (Å²) < 4.78 is 5.69. The number of aryl methyl sites for hydroxylation is 1. The molecule has 0 N–H and O–H groups in total. The summed E-state index contributed by atoms with van der Waals surface area (Å²) in [7, 11) is 0. The summed E-state index contributed by atoms with van der Waals surface area (Å²) in [4.78, 5) is 13.9. The molecule has 1 atom stereocenters. The summed E-state index contributed by atoms with van der Waals surface area (Å²) >= 11 is 0. The van der Waals surface area contributed by atoms with Gasteiger partial charge in [-0.15, -0.1) is 0 Å². The largest absolute Gasteiger partial charge is 0.441 e. The van der Waals surface area contributed by atoms with Crippen molar-refractivity contribution in [2.75, 3.05) is 13.1 Å². The highest BCUT2D eigenvalue weighted by Crippen LogP contribution is 2.32. The maximum absolute atomic E-state index is 12.0. The van der Waals surface area contributed by atoms with Crippen LogP contribution in [-0.2, 0) is 11.2 Å². The first kappa shape index (κ1) is 11.6. The molecule has 1 aromatic rings. The molecule has 0 aromatic heterocycles. The zero-order chi connectivity index (χ0) is 12.4. The van der Waals surface area contributed by atoms with Gasteiger partial charge in [-0.1, -0.05) is 24.3 Å². The Kier molecular flexibility index (Phi) is 3.22. The number of carbonyl (C=O) groups excluding carboxylic acids is 1. The highest BCUT2D eigenvalue weighted by Gasteiger charge is 2.26. The van der Waals surface area contributed by atoms with E-state index in [0.717, 1.165) is 45.2 Å². The number of carbonyl (C=O) groups is 1. The van der Waals surface area contributed by atoms with Crippen LogP contribution >= 0.6 is 0 Å². The number of hydrogen-bond acceptors (Lipinski definition) is 2. The Hall–Kier alpha value is -1.51. The maximum Gasteiger partial charge on any atom is 0.410 e. The topological polar surface area (TPSA) is 29.5 Å². The van der Waals surface area contributed by atoms with Crippen LogP contribution in [0.25, 0.3) is 0 Å². The number of benzene rings is 1. The molecule has 0 bridgehead atoms. The maximum atomic E-state index is 12.0. The lowest BCUT2D eigenvalue weighted by atomic mass is 9.89. The Morgan fingerprint density at radius 2 is 1.94 bits per heavy atom. The Bertz CT molecular complexity index is 438. The van der Waals surface area contributed by atoms with Gasteiger partial charge in [-0.2, -0.15) is 0 Å². The van der Waals surface area contributed by atoms with Gasteiger partial charge in [0.25, 0.3) is 0 Å². The molecule has 1 heterocycles. The van der Waals surface area contributed by atoms with Gasteiger partial charge < -0.3 is 9.64 Å². The molecule has 1 aromatic carbocycles. The average Bonchev–Trinajstić information content (AvgIpc) is 2.93. The highest BCUT2D eigenvalue weighted by molar-refractivity contribution is 5.68. The van der Waals surface area contributed by atoms with Crippen LogP contribution in [0.15, 0.2) is 24.3 Å². The molecular weight excluding hydrogens is 226 g/mol. The number of ether oxygens (including phenoxy) is 1. The molecule has 96 valence electrons. The molecule has 3 nitrogen and oxygen atoms in total. The molecule has 1 aliphatic heterocycles. The molecule has 1 aliphatic carbocycles. The lowest BCUT2D eigenvalue weighted by Crippen LogP contribution is -2.30. The van der Waals surface area contributed by atoms with Crippen LogP contribution in [0.2, 0.25) is 0 Å². The minimum absolute atomic E-state index is 0.0388. The van der Waals surface area contributed by atoms with E-state index < -0.39 is 0 Å². The van der Waals surface area contributed by atoms with Crippen molar-refractivity contribution < 1.29 is 9.53 Å². The van der Waals surface area contributed by atoms with E-state index in [0.29, 0.717) is 0 Å². The SMILES string of the molecule is O=C(OC1CCCc2ccccc21)N1CCCC1. The van der Waals surface area contributed by atoms with Crippen LogP contribution < -0.4 is 0 Å². The fourth-order valence-electron chi connectivity index (χ4n) is 2.93. The summed E-state index contributed by atoms with van der Waals surface area (Å²) in [6.45, 7) is 1.71. The zero-order valence-corrected chi connectivity index (χ0v) is 10.6. The molecule has 0 saturated carbocycles. The first-order valence-corrected chi connectivity index (χ1v) is 6.88. The summed E-state index contributed by atoms with van der Waals surface area (Å²) in [5, 5.41) is 0. The second-order valence-corrected chi connectivity index (χ2v) is 5.16. The number of amides is 1. The fourth-order valence-corrected chi connectivity index (χ4v) is 2.93. The Balaban J connectivity index is 1.72. The molecule has 3 heteroatoms. The van der Waals surface area contributed by atoms with Crippen LogP contribution in [0.1, 0.15) is 42.9 Å². The Morgan fingerprint density at radius 1 is 1.17 bits per heavy atom. The number of rotatable bonds is 1. The summed E-state index contributed by atoms with van der Waals surface area (Å²) in [5.41, 5.74) is 2.54. The van der Waals surface area contributed by atoms with E-state index in [-0.39, 0.29) is 12.2 Å². The molecule has 1 unspecified atom stereocenters. The van der Waals surface area contributed by atoms with Gasteiger partial charge in [0.2, 0.25) is 0 Å². The van der Waals surface area contributed by atoms with Gasteiger partial charge in [-0.25, -0.2) is 4.79 Å². The number of hydrogen-bond donors (Lipinski definition) is 0. The minimum Gasteiger partial charge on any atom is -0.441 e. The normalized spacial score (nSPS) is 22.7. The lowest BCUT2D eigenvalue weighted by molar-refractivity contribution is 0.0601. The predicted molar refractivity (Wildman–Crippen MR) is 69.4 cm³/mol. The molecule has 18 heavy (non-hydrogen) atoms. The Labute approximate surface area is 108 Å². The molecule has 1 saturated heterocycles. The number of likely N-dealkylation sites (tertiary alicyclic amines) is 1. The predicted octanol–water partition coefficient (Wildman–Crippen LogP) is 3.30. The van der Waals surface area contributed by atoms with Gasteiger partial charge in [0.15, 0.2) is 0 Å². The summed E-state index contributed by atoms with van der Waals surface area (Å²) in [6.07, 6.45) is 5.21. The highest BCUT2D eigenvalue weighted by atomic mass is 16.6. The van der Waals surface area contributed by atoms with E-state index in [9.17, 15) is 4.79 Å². The van der Waals surface area contributed by atoms with Crippen molar-refractivity contribution in [2.24, 2.45) is 0 Å². The van der Waals surface area contributed by atoms with Crippen molar-refractivity contribution in [3.63, 3.8) is 0 Å². The summed E-state index contributed by atoms with van der Waals surface area (Å²) in [5.74, 6) is 0. The van der Waals surface area contributed by atoms with Gasteiger partial charge in [0.1, 0.15) is 6.10 Å². The minimum atomic E-state index is -0.130. The van der Waals surface area contributed by atoms with Crippen molar-refractivity contribution in [3.05, 3.63) is 35.4 Å². The Morgan fingerprint density at radius 3 is 2.78 bits per heavy atom. The van der Waals surface area contributed by atoms with Gasteiger partial charge in [0, 0.05) is 13.1 Å². The third kappa shape index (κ3) is 2.22. The average molecular weight is 245 g/mol. The van der Waals surface area contributed by atoms with E-state index >= 15 is 0 Å². The van der Waals surface area contributed by atoms with E-state index in [4.69, 9.17) is 4.74 Å². The van der Waals surface area contributed by atoms with Crippen LogP contribution in [0.3, 0.4) is 0 Å². The molecule has 0 spiro atoms. The van der Waals surface area contributed by atoms with E-state index in [1.54, 1.807) is 0 Å². The van der Waals surface area contributed by atoms with Crippen molar-refractivity contribution in [3.8, 4) is 0 Å². The third-order valence-electron chi connectivity index (χ3n) is 3.92.